The van der Waals surface area contributed by atoms with Gasteiger partial charge < -0.3 is 20.3 Å². The van der Waals surface area contributed by atoms with Gasteiger partial charge in [0, 0.05) is 18.0 Å². The zero-order valence-corrected chi connectivity index (χ0v) is 26.7. The van der Waals surface area contributed by atoms with Crippen LogP contribution in [0.3, 0.4) is 0 Å². The summed E-state index contributed by atoms with van der Waals surface area (Å²) in [4.78, 5) is 27.7. The highest BCUT2D eigenvalue weighted by Gasteiger charge is 2.34. The highest BCUT2D eigenvalue weighted by Crippen LogP contribution is 2.37. The van der Waals surface area contributed by atoms with Crippen LogP contribution in [-0.4, -0.2) is 49.6 Å². The number of alkyl carbamates (subject to hydrolysis) is 1. The van der Waals surface area contributed by atoms with Crippen LogP contribution in [0.4, 0.5) is 13.6 Å². The molecule has 0 unspecified atom stereocenters. The normalized spacial score (nSPS) is 14.0. The maximum Gasteiger partial charge on any atom is 0.407 e. The molecule has 0 saturated carbocycles. The molecule has 4 aromatic rings. The van der Waals surface area contributed by atoms with E-state index in [9.17, 15) is 18.4 Å². The summed E-state index contributed by atoms with van der Waals surface area (Å²) in [5.74, 6) is -0.925. The summed E-state index contributed by atoms with van der Waals surface area (Å²) in [6.45, 7) is 3.07. The Hall–Kier alpha value is -4.56. The van der Waals surface area contributed by atoms with Crippen molar-refractivity contribution in [1.82, 2.24) is 15.5 Å². The van der Waals surface area contributed by atoms with Crippen molar-refractivity contribution < 1.29 is 23.1 Å². The molecule has 2 N–H and O–H groups in total. The van der Waals surface area contributed by atoms with Crippen molar-refractivity contribution in [2.24, 2.45) is 5.92 Å². The third-order valence-corrected chi connectivity index (χ3v) is 9.15. The average Bonchev–Trinajstić information content (AvgIpc) is 3.11. The Kier molecular flexibility index (Phi) is 12.1. The van der Waals surface area contributed by atoms with Gasteiger partial charge in [0.2, 0.25) is 5.91 Å². The van der Waals surface area contributed by atoms with Crippen LogP contribution in [0.5, 0.6) is 0 Å². The second-order valence-corrected chi connectivity index (χ2v) is 12.3. The molecule has 5 rings (SSSR count). The maximum atomic E-state index is 14.2. The number of amides is 2. The van der Waals surface area contributed by atoms with Gasteiger partial charge in [-0.15, -0.1) is 0 Å². The number of ether oxygens (including phenoxy) is 1. The molecule has 0 aromatic heterocycles. The molecule has 1 fully saturated rings. The quantitative estimate of drug-likeness (QED) is 0.156. The van der Waals surface area contributed by atoms with E-state index < -0.39 is 23.1 Å². The molecule has 6 nitrogen and oxygen atoms in total. The maximum absolute atomic E-state index is 14.2. The van der Waals surface area contributed by atoms with E-state index in [1.807, 2.05) is 66.7 Å². The Balaban J connectivity index is 1.18. The van der Waals surface area contributed by atoms with Gasteiger partial charge in [0.05, 0.1) is 6.54 Å². The predicted molar refractivity (Wildman–Crippen MR) is 180 cm³/mol. The van der Waals surface area contributed by atoms with Crippen molar-refractivity contribution >= 4 is 12.0 Å². The second kappa shape index (κ2) is 16.8. The Labute approximate surface area is 276 Å². The van der Waals surface area contributed by atoms with Crippen LogP contribution in [-0.2, 0) is 28.0 Å². The zero-order valence-electron chi connectivity index (χ0n) is 26.7. The van der Waals surface area contributed by atoms with Gasteiger partial charge in [0.15, 0.2) is 0 Å². The Morgan fingerprint density at radius 1 is 0.809 bits per heavy atom. The average molecular weight is 640 g/mol. The first kappa shape index (κ1) is 33.8. The second-order valence-electron chi connectivity index (χ2n) is 12.3. The molecule has 2 amide bonds. The molecule has 0 spiro atoms. The van der Waals surface area contributed by atoms with Crippen molar-refractivity contribution in [3.63, 3.8) is 0 Å². The zero-order chi connectivity index (χ0) is 32.9. The van der Waals surface area contributed by atoms with E-state index in [-0.39, 0.29) is 19.1 Å². The van der Waals surface area contributed by atoms with Crippen LogP contribution in [0.15, 0.2) is 109 Å². The van der Waals surface area contributed by atoms with Crippen molar-refractivity contribution in [2.45, 2.75) is 44.1 Å². The van der Waals surface area contributed by atoms with E-state index in [4.69, 9.17) is 4.74 Å². The largest absolute Gasteiger partial charge is 0.445 e. The number of carbonyl (C=O) groups is 2. The van der Waals surface area contributed by atoms with Crippen molar-refractivity contribution in [1.29, 1.82) is 0 Å². The van der Waals surface area contributed by atoms with E-state index in [1.54, 1.807) is 6.07 Å². The van der Waals surface area contributed by atoms with Crippen LogP contribution < -0.4 is 10.6 Å². The number of carbonyl (C=O) groups excluding carboxylic acids is 2. The Bertz CT molecular complexity index is 1520. The number of hydrogen-bond acceptors (Lipinski definition) is 4. The molecule has 1 heterocycles. The molecule has 1 saturated heterocycles. The summed E-state index contributed by atoms with van der Waals surface area (Å²) in [6.07, 6.45) is 3.62. The summed E-state index contributed by atoms with van der Waals surface area (Å²) < 4.78 is 32.8. The van der Waals surface area contributed by atoms with E-state index in [0.29, 0.717) is 24.4 Å². The lowest BCUT2D eigenvalue weighted by Crippen LogP contribution is -2.45. The summed E-state index contributed by atoms with van der Waals surface area (Å²) in [6, 6.07) is 33.8. The van der Waals surface area contributed by atoms with Crippen molar-refractivity contribution in [2.75, 3.05) is 32.7 Å². The first-order chi connectivity index (χ1) is 22.9. The summed E-state index contributed by atoms with van der Waals surface area (Å²) in [5, 5.41) is 5.66. The molecular weight excluding hydrogens is 596 g/mol. The minimum absolute atomic E-state index is 0.129. The number of hydrogen-bond donors (Lipinski definition) is 2. The molecule has 8 heteroatoms. The predicted octanol–water partition coefficient (Wildman–Crippen LogP) is 7.03. The molecule has 0 radical (unpaired) electrons. The van der Waals surface area contributed by atoms with Crippen molar-refractivity contribution in [3.05, 3.63) is 143 Å². The Morgan fingerprint density at radius 2 is 1.43 bits per heavy atom. The lowest BCUT2D eigenvalue weighted by molar-refractivity contribution is -0.120. The Morgan fingerprint density at radius 3 is 2.04 bits per heavy atom. The van der Waals surface area contributed by atoms with Crippen molar-refractivity contribution in [3.8, 4) is 0 Å². The van der Waals surface area contributed by atoms with E-state index in [1.165, 1.54) is 6.07 Å². The molecule has 47 heavy (non-hydrogen) atoms. The third-order valence-electron chi connectivity index (χ3n) is 9.15. The number of halogens is 2. The van der Waals surface area contributed by atoms with E-state index >= 15 is 0 Å². The number of nitrogens with one attached hydrogen (secondary N) is 2. The number of nitrogens with zero attached hydrogens (tertiary/aromatic N) is 1. The van der Waals surface area contributed by atoms with Gasteiger partial charge in [0.1, 0.15) is 18.2 Å². The number of benzene rings is 4. The lowest BCUT2D eigenvalue weighted by Gasteiger charge is -2.37. The number of likely N-dealkylation sites (tertiary alicyclic amines) is 1. The molecule has 246 valence electrons. The number of rotatable bonds is 14. The van der Waals surface area contributed by atoms with Crippen LogP contribution in [0, 0.1) is 17.6 Å². The van der Waals surface area contributed by atoms with Crippen LogP contribution in [0.1, 0.15) is 47.9 Å². The van der Waals surface area contributed by atoms with Crippen LogP contribution in [0.2, 0.25) is 0 Å². The summed E-state index contributed by atoms with van der Waals surface area (Å²) in [7, 11) is 0. The van der Waals surface area contributed by atoms with Gasteiger partial charge in [-0.1, -0.05) is 97.1 Å². The molecule has 0 atom stereocenters. The molecule has 1 aliphatic heterocycles. The topological polar surface area (TPSA) is 70.7 Å². The van der Waals surface area contributed by atoms with Gasteiger partial charge in [-0.05, 0) is 86.0 Å². The highest BCUT2D eigenvalue weighted by atomic mass is 19.1. The highest BCUT2D eigenvalue weighted by molar-refractivity contribution is 5.82. The van der Waals surface area contributed by atoms with Gasteiger partial charge in [-0.2, -0.15) is 0 Å². The molecule has 1 aliphatic rings. The molecular formula is C39H43F2N3O3. The molecule has 4 aromatic carbocycles. The monoisotopic (exact) mass is 639 g/mol. The fourth-order valence-corrected chi connectivity index (χ4v) is 6.52. The summed E-state index contributed by atoms with van der Waals surface area (Å²) in [5.41, 5.74) is 3.20. The van der Waals surface area contributed by atoms with Gasteiger partial charge in [0.25, 0.3) is 0 Å². The van der Waals surface area contributed by atoms with Gasteiger partial charge in [-0.25, -0.2) is 13.6 Å². The standard InChI is InChI=1S/C39H43F2N3O3/c40-35-18-17-32(36(41)26-35)25-30-19-23-44(24-20-30)22-10-21-39(33-13-6-2-7-14-33,34-15-8-3-9-16-34)29-43-37(45)27-42-38(46)47-28-31-11-4-1-5-12-31/h1-9,11-18,26,30H,10,19-25,27-29H2,(H,42,46)(H,43,45). The first-order valence-corrected chi connectivity index (χ1v) is 16.4. The fraction of sp³-hybridized carbons (Fsp3) is 0.333. The third kappa shape index (κ3) is 9.72. The van der Waals surface area contributed by atoms with Gasteiger partial charge >= 0.3 is 6.09 Å². The van der Waals surface area contributed by atoms with E-state index in [2.05, 4.69) is 39.8 Å². The van der Waals surface area contributed by atoms with E-state index in [0.717, 1.165) is 68.1 Å². The minimum atomic E-state index is -0.645. The minimum Gasteiger partial charge on any atom is -0.445 e. The fourth-order valence-electron chi connectivity index (χ4n) is 6.52. The SMILES string of the molecule is O=C(CNC(=O)OCc1ccccc1)NCC(CCCN1CCC(Cc2ccc(F)cc2F)CC1)(c1ccccc1)c1ccccc1. The lowest BCUT2D eigenvalue weighted by atomic mass is 9.71. The number of piperidine rings is 1. The molecule has 0 aliphatic carbocycles. The van der Waals surface area contributed by atoms with Crippen LogP contribution >= 0.6 is 0 Å². The van der Waals surface area contributed by atoms with Crippen LogP contribution in [0.25, 0.3) is 0 Å². The molecule has 0 bridgehead atoms. The van der Waals surface area contributed by atoms with Gasteiger partial charge in [-0.3, -0.25) is 4.79 Å². The first-order valence-electron chi connectivity index (χ1n) is 16.4. The summed E-state index contributed by atoms with van der Waals surface area (Å²) >= 11 is 0. The smallest absolute Gasteiger partial charge is 0.407 e.